The molecule has 6 N–H and O–H groups in total. The Balaban J connectivity index is 1.53. The number of aromatic nitrogens is 2. The molecule has 0 atom stereocenters. The van der Waals surface area contributed by atoms with Gasteiger partial charge in [-0.3, -0.25) is 18.5 Å². The number of amides is 1. The summed E-state index contributed by atoms with van der Waals surface area (Å²) in [4.78, 5) is 16.2. The van der Waals surface area contributed by atoms with E-state index in [-0.39, 0.29) is 34.1 Å². The molecule has 6 aromatic rings. The molecule has 0 aliphatic rings. The Morgan fingerprint density at radius 1 is 0.764 bits per heavy atom. The fraction of sp³-hybridized carbons (Fsp3) is 0.0312. The molecule has 0 saturated heterocycles. The van der Waals surface area contributed by atoms with Gasteiger partial charge in [-0.15, -0.1) is 10.2 Å². The number of fused-ring (bicyclic) bond motifs is 2. The van der Waals surface area contributed by atoms with Gasteiger partial charge in [0.1, 0.15) is 31.1 Å². The van der Waals surface area contributed by atoms with E-state index in [4.69, 9.17) is 11.6 Å². The summed E-state index contributed by atoms with van der Waals surface area (Å²) < 4.78 is 133. The van der Waals surface area contributed by atoms with Crippen molar-refractivity contribution in [1.82, 2.24) is 9.97 Å². The number of azo groups is 1. The van der Waals surface area contributed by atoms with Gasteiger partial charge in [0.25, 0.3) is 36.3 Å². The van der Waals surface area contributed by atoms with Gasteiger partial charge < -0.3 is 15.7 Å². The van der Waals surface area contributed by atoms with E-state index in [2.05, 4.69) is 30.8 Å². The van der Waals surface area contributed by atoms with Crippen molar-refractivity contribution in [3.05, 3.63) is 107 Å². The number of rotatable bonds is 10. The van der Waals surface area contributed by atoms with Crippen LogP contribution in [0.2, 0.25) is 5.02 Å². The van der Waals surface area contributed by atoms with Crippen LogP contribution >= 0.6 is 11.6 Å². The number of halogens is 3. The first-order valence-electron chi connectivity index (χ1n) is 15.0. The molecule has 0 saturated carbocycles. The predicted molar refractivity (Wildman–Crippen MR) is 192 cm³/mol. The normalized spacial score (nSPS) is 12.4. The zero-order valence-corrected chi connectivity index (χ0v) is 30.2. The van der Waals surface area contributed by atoms with Crippen LogP contribution in [0.4, 0.5) is 31.7 Å². The van der Waals surface area contributed by atoms with Crippen LogP contribution in [-0.4, -0.2) is 59.9 Å². The lowest BCUT2D eigenvalue weighted by Gasteiger charge is -2.15. The van der Waals surface area contributed by atoms with Crippen molar-refractivity contribution in [2.45, 2.75) is 21.2 Å². The second kappa shape index (κ2) is 14.5. The van der Waals surface area contributed by atoms with Crippen molar-refractivity contribution in [3.63, 3.8) is 0 Å². The Morgan fingerprint density at radius 3 is 2.11 bits per heavy atom. The fourth-order valence-corrected chi connectivity index (χ4v) is 7.83. The summed E-state index contributed by atoms with van der Waals surface area (Å²) in [6, 6.07) is 16.2. The maximum atomic E-state index is 13.8. The Labute approximate surface area is 313 Å². The average Bonchev–Trinajstić information content (AvgIpc) is 3.10. The van der Waals surface area contributed by atoms with E-state index < -0.39 is 102 Å². The number of hydrogen-bond acceptors (Lipinski definition) is 13. The number of aromatic hydroxyl groups is 1. The van der Waals surface area contributed by atoms with Crippen LogP contribution in [0, 0.1) is 12.0 Å². The number of benzene rings is 5. The van der Waals surface area contributed by atoms with Crippen molar-refractivity contribution in [1.29, 1.82) is 0 Å². The Morgan fingerprint density at radius 2 is 1.45 bits per heavy atom. The standard InChI is InChI=1S/C32H21ClF2N6O11S3/c33-25-29(34)38-32(35)39-30(25)36-14-16-7-4-8-18-17(16)9-10-21(28(18)55(50,51)52)40-41-26-23(54(47,48)49)13-19-22(53(44,45)46)12-11-20(24(19)27(26)42)37-31(43)15-5-2-1-3-6-15/h1-13,42H,14H2,(H,37,43)(H,36,38,39)(H,44,45,46)(H,47,48,49)(H,50,51,52). The van der Waals surface area contributed by atoms with Gasteiger partial charge in [-0.2, -0.15) is 44.0 Å². The van der Waals surface area contributed by atoms with Gasteiger partial charge in [-0.05, 0) is 47.3 Å². The van der Waals surface area contributed by atoms with E-state index in [0.29, 0.717) is 6.07 Å². The number of carbonyl (C=O) groups excluding carboxylic acids is 1. The minimum atomic E-state index is -5.43. The first-order chi connectivity index (χ1) is 25.8. The van der Waals surface area contributed by atoms with Crippen LogP contribution in [0.25, 0.3) is 21.5 Å². The molecule has 1 amide bonds. The van der Waals surface area contributed by atoms with Crippen LogP contribution < -0.4 is 10.6 Å². The second-order valence-electron chi connectivity index (χ2n) is 11.3. The molecule has 0 unspecified atom stereocenters. The highest BCUT2D eigenvalue weighted by Crippen LogP contribution is 2.47. The Hall–Kier alpha value is -5.75. The van der Waals surface area contributed by atoms with Gasteiger partial charge in [0.05, 0.1) is 11.1 Å². The lowest BCUT2D eigenvalue weighted by Crippen LogP contribution is -2.13. The van der Waals surface area contributed by atoms with Crippen molar-refractivity contribution >= 4 is 92.3 Å². The molecule has 0 aliphatic heterocycles. The lowest BCUT2D eigenvalue weighted by atomic mass is 10.0. The van der Waals surface area contributed by atoms with E-state index in [1.807, 2.05) is 0 Å². The van der Waals surface area contributed by atoms with Crippen LogP contribution in [0.5, 0.6) is 5.75 Å². The number of phenols is 1. The maximum Gasteiger partial charge on any atom is 0.313 e. The first kappa shape index (κ1) is 39.0. The number of nitrogens with one attached hydrogen (secondary N) is 2. The van der Waals surface area contributed by atoms with Gasteiger partial charge in [0, 0.05) is 22.9 Å². The molecule has 6 rings (SSSR count). The van der Waals surface area contributed by atoms with E-state index in [1.165, 1.54) is 48.5 Å². The Kier molecular flexibility index (Phi) is 10.3. The predicted octanol–water partition coefficient (Wildman–Crippen LogP) is 6.44. The molecule has 0 radical (unpaired) electrons. The molecule has 1 aromatic heterocycles. The van der Waals surface area contributed by atoms with E-state index in [0.717, 1.165) is 18.2 Å². The van der Waals surface area contributed by atoms with Crippen LogP contribution in [0.3, 0.4) is 0 Å². The number of hydrogen-bond donors (Lipinski definition) is 6. The molecule has 0 fully saturated rings. The first-order valence-corrected chi connectivity index (χ1v) is 19.7. The second-order valence-corrected chi connectivity index (χ2v) is 15.8. The number of phenolic OH excluding ortho intramolecular Hbond substituents is 1. The summed E-state index contributed by atoms with van der Waals surface area (Å²) in [5.41, 5.74) is -1.67. The van der Waals surface area contributed by atoms with Gasteiger partial charge in [-0.25, -0.2) is 0 Å². The van der Waals surface area contributed by atoms with Crippen LogP contribution in [-0.2, 0) is 36.9 Å². The molecule has 23 heteroatoms. The summed E-state index contributed by atoms with van der Waals surface area (Å²) in [6.07, 6.45) is -1.42. The van der Waals surface area contributed by atoms with E-state index in [9.17, 15) is 57.6 Å². The molecule has 5 aromatic carbocycles. The summed E-state index contributed by atoms with van der Waals surface area (Å²) >= 11 is 5.82. The zero-order valence-electron chi connectivity index (χ0n) is 27.0. The quantitative estimate of drug-likeness (QED) is 0.0375. The largest absolute Gasteiger partial charge is 0.505 e. The van der Waals surface area contributed by atoms with E-state index >= 15 is 0 Å². The summed E-state index contributed by atoms with van der Waals surface area (Å²) in [5, 5.41) is 22.0. The highest BCUT2D eigenvalue weighted by molar-refractivity contribution is 7.86. The third-order valence-corrected chi connectivity index (χ3v) is 10.9. The van der Waals surface area contributed by atoms with Crippen molar-refractivity contribution in [2.24, 2.45) is 10.2 Å². The molecule has 17 nitrogen and oxygen atoms in total. The summed E-state index contributed by atoms with van der Waals surface area (Å²) in [5.74, 6) is -3.76. The monoisotopic (exact) mass is 834 g/mol. The maximum absolute atomic E-state index is 13.8. The highest BCUT2D eigenvalue weighted by atomic mass is 35.5. The van der Waals surface area contributed by atoms with Crippen LogP contribution in [0.1, 0.15) is 15.9 Å². The van der Waals surface area contributed by atoms with Gasteiger partial charge in [0.2, 0.25) is 5.95 Å². The smallest absolute Gasteiger partial charge is 0.313 e. The molecular weight excluding hydrogens is 814 g/mol. The average molecular weight is 835 g/mol. The molecule has 284 valence electrons. The summed E-state index contributed by atoms with van der Waals surface area (Å²) in [6.45, 7) is -0.254. The summed E-state index contributed by atoms with van der Waals surface area (Å²) in [7, 11) is -15.8. The van der Waals surface area contributed by atoms with Gasteiger partial charge >= 0.3 is 6.08 Å². The molecule has 1 heterocycles. The van der Waals surface area contributed by atoms with Crippen molar-refractivity contribution in [3.8, 4) is 5.75 Å². The molecule has 55 heavy (non-hydrogen) atoms. The van der Waals surface area contributed by atoms with Crippen molar-refractivity contribution in [2.75, 3.05) is 10.6 Å². The zero-order chi connectivity index (χ0) is 40.0. The van der Waals surface area contributed by atoms with Gasteiger partial charge in [0.15, 0.2) is 11.6 Å². The van der Waals surface area contributed by atoms with Gasteiger partial charge in [-0.1, -0.05) is 54.1 Å². The van der Waals surface area contributed by atoms with Crippen molar-refractivity contribution < 1.29 is 57.6 Å². The molecule has 0 aliphatic carbocycles. The Bertz CT molecular complexity index is 2960. The fourth-order valence-electron chi connectivity index (χ4n) is 5.52. The lowest BCUT2D eigenvalue weighted by molar-refractivity contribution is 0.102. The van der Waals surface area contributed by atoms with E-state index in [1.54, 1.807) is 6.07 Å². The third kappa shape index (κ3) is 7.91. The number of nitrogens with zero attached hydrogens (tertiary/aromatic N) is 4. The minimum Gasteiger partial charge on any atom is -0.505 e. The molecular formula is C32H21ClF2N6O11S3. The SMILES string of the molecule is O=C(Nc1ccc(S(=O)(=O)O)c2cc(S(=O)(=O)O)c(N=Nc3ccc4c(CNc5nc(F)nc(F)c5Cl)cccc4c3S(=O)(=O)O)c(O)c12)c1ccccc1. The third-order valence-electron chi connectivity index (χ3n) is 7.84. The number of anilines is 2. The topological polar surface area (TPSA) is 275 Å². The highest BCUT2D eigenvalue weighted by Gasteiger charge is 2.29. The minimum absolute atomic E-state index is 0.108. The number of carbonyl (C=O) groups is 1. The molecule has 0 spiro atoms. The van der Waals surface area contributed by atoms with Crippen LogP contribution in [0.15, 0.2) is 104 Å². The molecule has 0 bridgehead atoms.